The van der Waals surface area contributed by atoms with E-state index < -0.39 is 68.5 Å². The zero-order chi connectivity index (χ0) is 35.3. The lowest BCUT2D eigenvalue weighted by Gasteiger charge is -2.14. The van der Waals surface area contributed by atoms with Crippen molar-refractivity contribution in [3.8, 4) is 36.4 Å². The van der Waals surface area contributed by atoms with E-state index in [1.165, 1.54) is 0 Å². The van der Waals surface area contributed by atoms with Crippen molar-refractivity contribution in [2.75, 3.05) is 0 Å². The Morgan fingerprint density at radius 1 is 0.479 bits per heavy atom. The zero-order valence-corrected chi connectivity index (χ0v) is 23.3. The molecule has 0 aromatic heterocycles. The summed E-state index contributed by atoms with van der Waals surface area (Å²) in [5.74, 6) is -3.29. The highest BCUT2D eigenvalue weighted by molar-refractivity contribution is 6.29. The maximum atomic E-state index is 14.2. The second kappa shape index (κ2) is 11.4. The molecule has 0 bridgehead atoms. The summed E-state index contributed by atoms with van der Waals surface area (Å²) in [6, 6.07) is 15.8. The minimum Gasteiger partial charge on any atom is -0.206 e. The average Bonchev–Trinajstić information content (AvgIpc) is 3.52. The summed E-state index contributed by atoms with van der Waals surface area (Å²) in [7, 11) is 0. The van der Waals surface area contributed by atoms with Crippen LogP contribution in [0.2, 0.25) is 0 Å². The predicted octanol–water partition coefficient (Wildman–Crippen LogP) is 8.50. The molecule has 0 saturated heterocycles. The molecule has 0 aliphatic heterocycles. The molecule has 0 radical (unpaired) electrons. The summed E-state index contributed by atoms with van der Waals surface area (Å²) in [5, 5.41) is 59.7. The third-order valence-electron chi connectivity index (χ3n) is 7.53. The lowest BCUT2D eigenvalue weighted by Crippen LogP contribution is -2.09. The number of allylic oxidation sites excluding steroid dienone is 8. The molecule has 0 N–H and O–H groups in total. The van der Waals surface area contributed by atoms with Gasteiger partial charge in [0, 0.05) is 33.4 Å². The fraction of sp³-hybridized carbons (Fsp3) is 0.0588. The van der Waals surface area contributed by atoms with E-state index in [9.17, 15) is 66.7 Å². The quantitative estimate of drug-likeness (QED) is 0.201. The minimum atomic E-state index is -5.18. The van der Waals surface area contributed by atoms with Gasteiger partial charge in [0.15, 0.2) is 0 Å². The standard InChI is InChI=1S/C34H8F8N6/c35-27-3-1-15(5-25(27)33(37,38)39)29-23(13-47)19-7-20-22(8-21(19)31(29)17(9-43)10-44)32(18(11-45)12-46)30(24(20)14-48)16-2-4-28(36)26(6-16)34(40,41)42/h1-8H. The molecule has 14 heteroatoms. The van der Waals surface area contributed by atoms with Gasteiger partial charge >= 0.3 is 12.4 Å². The summed E-state index contributed by atoms with van der Waals surface area (Å²) < 4.78 is 110. The normalized spacial score (nSPS) is 13.5. The van der Waals surface area contributed by atoms with Gasteiger partial charge in [0.05, 0.1) is 22.3 Å². The Labute approximate surface area is 264 Å². The summed E-state index contributed by atoms with van der Waals surface area (Å²) in [6.45, 7) is 0. The molecule has 2 aliphatic rings. The maximum Gasteiger partial charge on any atom is 0.419 e. The van der Waals surface area contributed by atoms with Gasteiger partial charge in [-0.1, -0.05) is 12.1 Å². The van der Waals surface area contributed by atoms with Crippen LogP contribution in [0.4, 0.5) is 35.1 Å². The maximum absolute atomic E-state index is 14.2. The monoisotopic (exact) mass is 652 g/mol. The van der Waals surface area contributed by atoms with Crippen LogP contribution in [0.5, 0.6) is 0 Å². The second-order valence-corrected chi connectivity index (χ2v) is 10.00. The van der Waals surface area contributed by atoms with Gasteiger partial charge in [-0.2, -0.15) is 57.9 Å². The molecule has 2 aliphatic carbocycles. The number of halogens is 8. The Morgan fingerprint density at radius 3 is 1.10 bits per heavy atom. The third-order valence-corrected chi connectivity index (χ3v) is 7.53. The van der Waals surface area contributed by atoms with Gasteiger partial charge in [-0.05, 0) is 58.7 Å². The van der Waals surface area contributed by atoms with Gasteiger partial charge < -0.3 is 0 Å². The first-order chi connectivity index (χ1) is 22.7. The van der Waals surface area contributed by atoms with Gasteiger partial charge in [-0.3, -0.25) is 0 Å². The van der Waals surface area contributed by atoms with Gasteiger partial charge in [-0.25, -0.2) is 8.78 Å². The number of benzene rings is 3. The van der Waals surface area contributed by atoms with Gasteiger partial charge in [0.2, 0.25) is 0 Å². The van der Waals surface area contributed by atoms with Crippen LogP contribution in [0, 0.1) is 79.6 Å². The molecule has 0 saturated carbocycles. The van der Waals surface area contributed by atoms with Crippen LogP contribution in [0.1, 0.15) is 44.5 Å². The van der Waals surface area contributed by atoms with Crippen molar-refractivity contribution in [1.82, 2.24) is 0 Å². The number of rotatable bonds is 2. The Balaban J connectivity index is 1.93. The highest BCUT2D eigenvalue weighted by atomic mass is 19.4. The lowest BCUT2D eigenvalue weighted by atomic mass is 9.88. The minimum absolute atomic E-state index is 0.138. The van der Waals surface area contributed by atoms with E-state index in [0.717, 1.165) is 24.3 Å². The smallest absolute Gasteiger partial charge is 0.206 e. The first-order valence-electron chi connectivity index (χ1n) is 13.0. The largest absolute Gasteiger partial charge is 0.419 e. The number of fused-ring (bicyclic) bond motifs is 2. The van der Waals surface area contributed by atoms with Crippen LogP contribution < -0.4 is 0 Å². The predicted molar refractivity (Wildman–Crippen MR) is 150 cm³/mol. The van der Waals surface area contributed by atoms with Crippen molar-refractivity contribution in [2.45, 2.75) is 12.4 Å². The Bertz CT molecular complexity index is 2200. The first kappa shape index (κ1) is 32.4. The molecule has 0 fully saturated rings. The molecule has 5 rings (SSSR count). The molecule has 0 unspecified atom stereocenters. The van der Waals surface area contributed by atoms with E-state index in [1.54, 1.807) is 36.4 Å². The van der Waals surface area contributed by atoms with Crippen molar-refractivity contribution in [2.24, 2.45) is 0 Å². The van der Waals surface area contributed by atoms with E-state index in [2.05, 4.69) is 0 Å². The highest BCUT2D eigenvalue weighted by Gasteiger charge is 2.40. The molecular weight excluding hydrogens is 644 g/mol. The molecule has 48 heavy (non-hydrogen) atoms. The Kier molecular flexibility index (Phi) is 7.71. The highest BCUT2D eigenvalue weighted by Crippen LogP contribution is 2.55. The van der Waals surface area contributed by atoms with Crippen molar-refractivity contribution in [3.05, 3.63) is 116 Å². The van der Waals surface area contributed by atoms with E-state index in [4.69, 9.17) is 0 Å². The first-order valence-corrected chi connectivity index (χ1v) is 13.0. The van der Waals surface area contributed by atoms with Crippen LogP contribution in [0.3, 0.4) is 0 Å². The Hall–Kier alpha value is -7.00. The number of alkyl halides is 6. The Morgan fingerprint density at radius 2 is 0.812 bits per heavy atom. The van der Waals surface area contributed by atoms with Crippen LogP contribution >= 0.6 is 0 Å². The van der Waals surface area contributed by atoms with Crippen LogP contribution in [0.25, 0.3) is 33.4 Å². The topological polar surface area (TPSA) is 143 Å². The van der Waals surface area contributed by atoms with Crippen molar-refractivity contribution in [1.29, 1.82) is 31.6 Å². The lowest BCUT2D eigenvalue weighted by molar-refractivity contribution is -0.140. The fourth-order valence-electron chi connectivity index (χ4n) is 5.61. The average molecular weight is 652 g/mol. The van der Waals surface area contributed by atoms with Gasteiger partial charge in [-0.15, -0.1) is 0 Å². The summed E-state index contributed by atoms with van der Waals surface area (Å²) in [4.78, 5) is 0. The molecule has 0 amide bonds. The molecule has 0 spiro atoms. The number of nitrogens with zero attached hydrogens (tertiary/aromatic N) is 6. The zero-order valence-electron chi connectivity index (χ0n) is 23.3. The third kappa shape index (κ3) is 4.92. The number of hydrogen-bond acceptors (Lipinski definition) is 6. The fourth-order valence-corrected chi connectivity index (χ4v) is 5.61. The van der Waals surface area contributed by atoms with Crippen molar-refractivity contribution in [3.63, 3.8) is 0 Å². The number of nitriles is 6. The van der Waals surface area contributed by atoms with Crippen molar-refractivity contribution < 1.29 is 35.1 Å². The van der Waals surface area contributed by atoms with E-state index in [0.29, 0.717) is 24.3 Å². The van der Waals surface area contributed by atoms with Gasteiger partial charge in [0.1, 0.15) is 59.2 Å². The number of hydrogen-bond donors (Lipinski definition) is 0. The van der Waals surface area contributed by atoms with Gasteiger partial charge in [0.25, 0.3) is 0 Å². The molecule has 230 valence electrons. The second-order valence-electron chi connectivity index (χ2n) is 10.00. The molecule has 0 heterocycles. The molecule has 3 aromatic rings. The summed E-state index contributed by atoms with van der Waals surface area (Å²) >= 11 is 0. The molecular formula is C34H8F8N6. The van der Waals surface area contributed by atoms with Crippen LogP contribution in [-0.4, -0.2) is 0 Å². The molecule has 3 aromatic carbocycles. The van der Waals surface area contributed by atoms with Crippen LogP contribution in [-0.2, 0) is 12.4 Å². The van der Waals surface area contributed by atoms with Crippen LogP contribution in [0.15, 0.2) is 59.7 Å². The SMILES string of the molecule is N#CC(C#N)=C1C(c2ccc(F)c(C(F)(F)F)c2)=C(C#N)c2cc3c(cc21)C(=C(C#N)C#N)C(c1ccc(F)c(C(F)(F)F)c1)=C3C#N. The van der Waals surface area contributed by atoms with E-state index >= 15 is 0 Å². The molecule has 0 atom stereocenters. The molecule has 6 nitrogen and oxygen atoms in total. The summed E-state index contributed by atoms with van der Waals surface area (Å²) in [5.41, 5.74) is -8.59. The van der Waals surface area contributed by atoms with E-state index in [-0.39, 0.29) is 44.5 Å². The summed E-state index contributed by atoms with van der Waals surface area (Å²) in [6.07, 6.45) is -10.4. The van der Waals surface area contributed by atoms with Crippen molar-refractivity contribution >= 4 is 33.4 Å². The van der Waals surface area contributed by atoms with E-state index in [1.807, 2.05) is 0 Å².